The number of carbonyl (C=O) groups is 1. The average molecular weight is 383 g/mol. The lowest BCUT2D eigenvalue weighted by Gasteiger charge is -2.17. The van der Waals surface area contributed by atoms with Crippen LogP contribution >= 0.6 is 11.3 Å². The molecule has 0 aliphatic rings. The van der Waals surface area contributed by atoms with Crippen LogP contribution in [0.5, 0.6) is 5.75 Å². The molecule has 3 aromatic rings. The maximum absolute atomic E-state index is 12.9. The van der Waals surface area contributed by atoms with Crippen LogP contribution < -0.4 is 21.5 Å². The Hall–Kier alpha value is -2.97. The number of benzene rings is 2. The molecule has 5 N–H and O–H groups in total. The lowest BCUT2D eigenvalue weighted by Crippen LogP contribution is -2.29. The van der Waals surface area contributed by atoms with Gasteiger partial charge in [-0.05, 0) is 30.2 Å². The molecule has 0 aliphatic carbocycles. The lowest BCUT2D eigenvalue weighted by atomic mass is 10.1. The predicted molar refractivity (Wildman–Crippen MR) is 106 cm³/mol. The van der Waals surface area contributed by atoms with Crippen LogP contribution in [0.25, 0.3) is 0 Å². The van der Waals surface area contributed by atoms with E-state index in [4.69, 9.17) is 16.2 Å². The zero-order valence-corrected chi connectivity index (χ0v) is 15.7. The summed E-state index contributed by atoms with van der Waals surface area (Å²) < 4.78 is 5.61. The summed E-state index contributed by atoms with van der Waals surface area (Å²) in [6.07, 6.45) is 0. The molecule has 0 saturated carbocycles. The quantitative estimate of drug-likeness (QED) is 0.576. The molecule has 0 bridgehead atoms. The van der Waals surface area contributed by atoms with Crippen molar-refractivity contribution in [3.05, 3.63) is 70.2 Å². The first-order valence-corrected chi connectivity index (χ1v) is 9.28. The molecule has 0 saturated heterocycles. The van der Waals surface area contributed by atoms with E-state index in [1.165, 1.54) is 11.3 Å². The van der Waals surface area contributed by atoms with Crippen molar-refractivity contribution in [3.8, 4) is 5.75 Å². The number of ether oxygens (including phenoxy) is 1. The normalized spacial score (nSPS) is 11.8. The van der Waals surface area contributed by atoms with Crippen LogP contribution in [-0.2, 0) is 0 Å². The summed E-state index contributed by atoms with van der Waals surface area (Å²) in [5.41, 5.74) is 13.5. The molecular formula is C19H21N5O2S. The van der Waals surface area contributed by atoms with Gasteiger partial charge < -0.3 is 21.5 Å². The van der Waals surface area contributed by atoms with Gasteiger partial charge in [-0.1, -0.05) is 47.7 Å². The number of anilines is 1. The molecule has 0 radical (unpaired) electrons. The number of aromatic nitrogens is 2. The smallest absolute Gasteiger partial charge is 0.252 e. The highest BCUT2D eigenvalue weighted by atomic mass is 32.1. The third-order valence-corrected chi connectivity index (χ3v) is 4.75. The van der Waals surface area contributed by atoms with E-state index in [-0.39, 0.29) is 5.91 Å². The number of nitrogen functional groups attached to an aromatic ring is 1. The molecule has 2 aromatic carbocycles. The molecule has 0 spiro atoms. The highest BCUT2D eigenvalue weighted by Gasteiger charge is 2.22. The average Bonchev–Trinajstić information content (AvgIpc) is 3.12. The number of nitrogens with one attached hydrogen (secondary N) is 1. The Bertz CT molecular complexity index is 913. The van der Waals surface area contributed by atoms with Crippen molar-refractivity contribution in [2.24, 2.45) is 5.73 Å². The maximum Gasteiger partial charge on any atom is 0.252 e. The minimum absolute atomic E-state index is 0.241. The number of nitrogens with zero attached hydrogens (tertiary/aromatic N) is 2. The fraction of sp³-hybridized carbons (Fsp3) is 0.211. The van der Waals surface area contributed by atoms with Crippen molar-refractivity contribution in [2.45, 2.75) is 13.0 Å². The van der Waals surface area contributed by atoms with Gasteiger partial charge in [-0.25, -0.2) is 0 Å². The molecule has 0 fully saturated rings. The van der Waals surface area contributed by atoms with Crippen molar-refractivity contribution < 1.29 is 9.53 Å². The topological polar surface area (TPSA) is 116 Å². The molecule has 140 valence electrons. The van der Waals surface area contributed by atoms with Crippen molar-refractivity contribution >= 4 is 22.4 Å². The second-order valence-corrected chi connectivity index (χ2v) is 6.95. The first-order valence-electron chi connectivity index (χ1n) is 8.46. The Labute approximate surface area is 161 Å². The second-order valence-electron chi connectivity index (χ2n) is 5.91. The monoisotopic (exact) mass is 383 g/mol. The molecule has 8 heteroatoms. The van der Waals surface area contributed by atoms with Gasteiger partial charge in [0.15, 0.2) is 0 Å². The summed E-state index contributed by atoms with van der Waals surface area (Å²) in [7, 11) is 0. The number of hydrogen-bond donors (Lipinski definition) is 3. The summed E-state index contributed by atoms with van der Waals surface area (Å²) in [5, 5.41) is 12.0. The summed E-state index contributed by atoms with van der Waals surface area (Å²) in [4.78, 5) is 12.9. The Morgan fingerprint density at radius 3 is 2.67 bits per heavy atom. The standard InChI is InChI=1S/C19H21N5O2S/c1-12-7-8-14(11-15(12)26-10-9-20)17(25)22-16(13-5-3-2-4-6-13)18-23-24-19(21)27-18/h2-8,11,16H,9-10,20H2,1H3,(H2,21,24)(H,22,25)/t16-/m1/s1. The van der Waals surface area contributed by atoms with Gasteiger partial charge in [0.05, 0.1) is 0 Å². The summed E-state index contributed by atoms with van der Waals surface area (Å²) in [6.45, 7) is 2.72. The van der Waals surface area contributed by atoms with E-state index in [1.54, 1.807) is 12.1 Å². The van der Waals surface area contributed by atoms with Crippen LogP contribution in [0, 0.1) is 6.92 Å². The van der Waals surface area contributed by atoms with Gasteiger partial charge in [0.25, 0.3) is 5.91 Å². The minimum atomic E-state index is -0.441. The van der Waals surface area contributed by atoms with Crippen molar-refractivity contribution in [3.63, 3.8) is 0 Å². The van der Waals surface area contributed by atoms with E-state index < -0.39 is 6.04 Å². The SMILES string of the molecule is Cc1ccc(C(=O)N[C@H](c2ccccc2)c2nnc(N)s2)cc1OCCN. The first kappa shape index (κ1) is 18.8. The first-order chi connectivity index (χ1) is 13.1. The van der Waals surface area contributed by atoms with Gasteiger partial charge in [0.1, 0.15) is 23.4 Å². The van der Waals surface area contributed by atoms with Crippen molar-refractivity contribution in [1.82, 2.24) is 15.5 Å². The summed E-state index contributed by atoms with van der Waals surface area (Å²) in [6, 6.07) is 14.5. The number of carbonyl (C=O) groups excluding carboxylic acids is 1. The van der Waals surface area contributed by atoms with E-state index in [0.29, 0.717) is 34.6 Å². The molecule has 1 heterocycles. The number of rotatable bonds is 7. The number of aryl methyl sites for hydroxylation is 1. The molecule has 1 amide bonds. The van der Waals surface area contributed by atoms with Gasteiger partial charge in [-0.2, -0.15) is 0 Å². The number of hydrogen-bond acceptors (Lipinski definition) is 7. The van der Waals surface area contributed by atoms with Gasteiger partial charge in [-0.3, -0.25) is 4.79 Å². The molecular weight excluding hydrogens is 362 g/mol. The Kier molecular flexibility index (Phi) is 6.00. The Morgan fingerprint density at radius 2 is 2.00 bits per heavy atom. The highest BCUT2D eigenvalue weighted by Crippen LogP contribution is 2.27. The van der Waals surface area contributed by atoms with E-state index in [9.17, 15) is 4.79 Å². The Morgan fingerprint density at radius 1 is 1.22 bits per heavy atom. The fourth-order valence-electron chi connectivity index (χ4n) is 2.58. The zero-order chi connectivity index (χ0) is 19.2. The highest BCUT2D eigenvalue weighted by molar-refractivity contribution is 7.15. The van der Waals surface area contributed by atoms with Crippen LogP contribution in [-0.4, -0.2) is 29.3 Å². The lowest BCUT2D eigenvalue weighted by molar-refractivity contribution is 0.0942. The van der Waals surface area contributed by atoms with Gasteiger partial charge in [-0.15, -0.1) is 10.2 Å². The third-order valence-electron chi connectivity index (χ3n) is 3.94. The van der Waals surface area contributed by atoms with Gasteiger partial charge in [0, 0.05) is 12.1 Å². The zero-order valence-electron chi connectivity index (χ0n) is 14.9. The van der Waals surface area contributed by atoms with E-state index in [1.807, 2.05) is 43.3 Å². The van der Waals surface area contributed by atoms with E-state index in [0.717, 1.165) is 11.1 Å². The van der Waals surface area contributed by atoms with Crippen LogP contribution in [0.2, 0.25) is 0 Å². The minimum Gasteiger partial charge on any atom is -0.492 e. The largest absolute Gasteiger partial charge is 0.492 e. The molecule has 1 aromatic heterocycles. The summed E-state index contributed by atoms with van der Waals surface area (Å²) >= 11 is 1.25. The van der Waals surface area contributed by atoms with Crippen molar-refractivity contribution in [1.29, 1.82) is 0 Å². The third kappa shape index (κ3) is 4.60. The molecule has 0 unspecified atom stereocenters. The van der Waals surface area contributed by atoms with Crippen LogP contribution in [0.15, 0.2) is 48.5 Å². The molecule has 1 atom stereocenters. The molecule has 7 nitrogen and oxygen atoms in total. The van der Waals surface area contributed by atoms with Crippen LogP contribution in [0.4, 0.5) is 5.13 Å². The van der Waals surface area contributed by atoms with E-state index in [2.05, 4.69) is 15.5 Å². The summed E-state index contributed by atoms with van der Waals surface area (Å²) in [5.74, 6) is 0.403. The van der Waals surface area contributed by atoms with Crippen LogP contribution in [0.1, 0.15) is 32.5 Å². The molecule has 3 rings (SSSR count). The molecule has 0 aliphatic heterocycles. The fourth-order valence-corrected chi connectivity index (χ4v) is 3.27. The maximum atomic E-state index is 12.9. The second kappa shape index (κ2) is 8.61. The Balaban J connectivity index is 1.87. The van der Waals surface area contributed by atoms with Gasteiger partial charge >= 0.3 is 0 Å². The molecule has 27 heavy (non-hydrogen) atoms. The number of amides is 1. The predicted octanol–water partition coefficient (Wildman–Crippen LogP) is 2.29. The van der Waals surface area contributed by atoms with Gasteiger partial charge in [0.2, 0.25) is 5.13 Å². The van der Waals surface area contributed by atoms with Crippen LogP contribution in [0.3, 0.4) is 0 Å². The van der Waals surface area contributed by atoms with Crippen molar-refractivity contribution in [2.75, 3.05) is 18.9 Å². The number of nitrogens with two attached hydrogens (primary N) is 2. The van der Waals surface area contributed by atoms with E-state index >= 15 is 0 Å².